The summed E-state index contributed by atoms with van der Waals surface area (Å²) in [4.78, 5) is 41.0. The zero-order chi connectivity index (χ0) is 32.5. The van der Waals surface area contributed by atoms with Gasteiger partial charge in [-0.1, -0.05) is 102 Å². The lowest BCUT2D eigenvalue weighted by Gasteiger charge is -2.18. The van der Waals surface area contributed by atoms with E-state index < -0.39 is 17.1 Å². The molecule has 0 aliphatic carbocycles. The number of hydrogen-bond acceptors (Lipinski definition) is 4. The van der Waals surface area contributed by atoms with Gasteiger partial charge in [-0.05, 0) is 78.2 Å². The molecule has 0 saturated carbocycles. The SMILES string of the molecule is Cc1ccccc1NC(=O)C(Sc1cccc(NC(=O)/C(=C\c2ccc(Cl)cc2Cl)NC(=O)c2ccccc2)c1)c1ccccc1. The molecule has 0 saturated heterocycles. The van der Waals surface area contributed by atoms with Gasteiger partial charge in [-0.3, -0.25) is 14.4 Å². The molecule has 1 atom stereocenters. The van der Waals surface area contributed by atoms with Crippen molar-refractivity contribution in [2.24, 2.45) is 0 Å². The fraction of sp³-hybridized carbons (Fsp3) is 0.0541. The Morgan fingerprint density at radius 1 is 0.739 bits per heavy atom. The fourth-order valence-corrected chi connectivity index (χ4v) is 6.06. The molecule has 0 aliphatic heterocycles. The number of amides is 3. The highest BCUT2D eigenvalue weighted by atomic mass is 35.5. The van der Waals surface area contributed by atoms with Crippen LogP contribution in [-0.4, -0.2) is 17.7 Å². The number of aryl methyl sites for hydroxylation is 1. The third-order valence-electron chi connectivity index (χ3n) is 6.88. The number of hydrogen-bond donors (Lipinski definition) is 3. The number of rotatable bonds is 10. The van der Waals surface area contributed by atoms with Crippen molar-refractivity contribution in [1.82, 2.24) is 5.32 Å². The second kappa shape index (κ2) is 15.5. The number of anilines is 2. The maximum atomic E-state index is 13.6. The van der Waals surface area contributed by atoms with Crippen molar-refractivity contribution in [1.29, 1.82) is 0 Å². The number of nitrogens with one attached hydrogen (secondary N) is 3. The third kappa shape index (κ3) is 8.67. The molecule has 9 heteroatoms. The van der Waals surface area contributed by atoms with Gasteiger partial charge in [0.2, 0.25) is 5.91 Å². The highest BCUT2D eigenvalue weighted by Crippen LogP contribution is 2.37. The Morgan fingerprint density at radius 3 is 2.15 bits per heavy atom. The summed E-state index contributed by atoms with van der Waals surface area (Å²) in [6.45, 7) is 1.94. The van der Waals surface area contributed by atoms with Crippen molar-refractivity contribution in [3.05, 3.63) is 165 Å². The predicted molar refractivity (Wildman–Crippen MR) is 188 cm³/mol. The average Bonchev–Trinajstić information content (AvgIpc) is 3.06. The molecule has 1 unspecified atom stereocenters. The van der Waals surface area contributed by atoms with E-state index in [0.29, 0.717) is 26.9 Å². The monoisotopic (exact) mass is 665 g/mol. The van der Waals surface area contributed by atoms with Crippen LogP contribution in [0.3, 0.4) is 0 Å². The fourth-order valence-electron chi connectivity index (χ4n) is 4.51. The van der Waals surface area contributed by atoms with E-state index in [1.807, 2.05) is 67.6 Å². The van der Waals surface area contributed by atoms with Crippen molar-refractivity contribution < 1.29 is 14.4 Å². The Morgan fingerprint density at radius 2 is 1.43 bits per heavy atom. The van der Waals surface area contributed by atoms with E-state index in [9.17, 15) is 14.4 Å². The maximum Gasteiger partial charge on any atom is 0.272 e. The highest BCUT2D eigenvalue weighted by Gasteiger charge is 2.23. The van der Waals surface area contributed by atoms with Crippen LogP contribution in [0.4, 0.5) is 11.4 Å². The molecule has 46 heavy (non-hydrogen) atoms. The van der Waals surface area contributed by atoms with Gasteiger partial charge in [-0.2, -0.15) is 0 Å². The molecular weight excluding hydrogens is 637 g/mol. The summed E-state index contributed by atoms with van der Waals surface area (Å²) in [5.74, 6) is -1.19. The van der Waals surface area contributed by atoms with Crippen LogP contribution in [0.25, 0.3) is 6.08 Å². The number of thioether (sulfide) groups is 1. The summed E-state index contributed by atoms with van der Waals surface area (Å²) in [7, 11) is 0. The minimum atomic E-state index is -0.570. The summed E-state index contributed by atoms with van der Waals surface area (Å²) < 4.78 is 0. The van der Waals surface area contributed by atoms with Crippen molar-refractivity contribution in [2.45, 2.75) is 17.1 Å². The van der Waals surface area contributed by atoms with E-state index in [-0.39, 0.29) is 11.6 Å². The second-order valence-electron chi connectivity index (χ2n) is 10.2. The number of halogens is 2. The number of para-hydroxylation sites is 1. The van der Waals surface area contributed by atoms with Crippen molar-refractivity contribution in [2.75, 3.05) is 10.6 Å². The molecule has 230 valence electrons. The lowest BCUT2D eigenvalue weighted by molar-refractivity contribution is -0.116. The van der Waals surface area contributed by atoms with E-state index in [1.54, 1.807) is 66.7 Å². The zero-order valence-electron chi connectivity index (χ0n) is 24.7. The molecule has 0 bridgehead atoms. The lowest BCUT2D eigenvalue weighted by atomic mass is 10.1. The van der Waals surface area contributed by atoms with E-state index in [1.165, 1.54) is 17.8 Å². The smallest absolute Gasteiger partial charge is 0.272 e. The van der Waals surface area contributed by atoms with Gasteiger partial charge in [0.15, 0.2) is 0 Å². The van der Waals surface area contributed by atoms with Gasteiger partial charge in [-0.15, -0.1) is 11.8 Å². The standard InChI is InChI=1S/C37H29Cl2N3O3S/c1-24-11-8-9-18-32(24)41-37(45)34(25-12-4-2-5-13-25)46-30-17-10-16-29(23-30)40-36(44)33(21-27-19-20-28(38)22-31(27)39)42-35(43)26-14-6-3-7-15-26/h2-23,34H,1H3,(H,40,44)(H,41,45)(H,42,43)/b33-21+. The molecule has 0 aliphatic rings. The Kier molecular flexibility index (Phi) is 10.9. The molecule has 3 N–H and O–H groups in total. The van der Waals surface area contributed by atoms with Gasteiger partial charge in [0, 0.05) is 31.9 Å². The summed E-state index contributed by atoms with van der Waals surface area (Å²) in [5.41, 5.74) is 3.88. The lowest BCUT2D eigenvalue weighted by Crippen LogP contribution is -2.30. The number of carbonyl (C=O) groups excluding carboxylic acids is 3. The van der Waals surface area contributed by atoms with Crippen LogP contribution in [-0.2, 0) is 9.59 Å². The Balaban J connectivity index is 1.39. The molecule has 5 aromatic rings. The van der Waals surface area contributed by atoms with Gasteiger partial charge < -0.3 is 16.0 Å². The minimum absolute atomic E-state index is 0.0177. The molecule has 0 spiro atoms. The van der Waals surface area contributed by atoms with Gasteiger partial charge in [-0.25, -0.2) is 0 Å². The Labute approximate surface area is 281 Å². The van der Waals surface area contributed by atoms with Crippen LogP contribution in [0.1, 0.15) is 32.3 Å². The summed E-state index contributed by atoms with van der Waals surface area (Å²) in [5, 5.41) is 8.84. The van der Waals surface area contributed by atoms with Crippen molar-refractivity contribution in [3.63, 3.8) is 0 Å². The quantitative estimate of drug-likeness (QED) is 0.103. The largest absolute Gasteiger partial charge is 0.325 e. The van der Waals surface area contributed by atoms with E-state index in [0.717, 1.165) is 21.7 Å². The highest BCUT2D eigenvalue weighted by molar-refractivity contribution is 8.00. The first-order chi connectivity index (χ1) is 22.3. The number of carbonyl (C=O) groups is 3. The topological polar surface area (TPSA) is 87.3 Å². The second-order valence-corrected chi connectivity index (χ2v) is 12.3. The minimum Gasteiger partial charge on any atom is -0.325 e. The molecule has 5 aromatic carbocycles. The number of benzene rings is 5. The van der Waals surface area contributed by atoms with Crippen LogP contribution in [0.15, 0.2) is 138 Å². The van der Waals surface area contributed by atoms with Crippen molar-refractivity contribution in [3.8, 4) is 0 Å². The predicted octanol–water partition coefficient (Wildman–Crippen LogP) is 9.18. The van der Waals surface area contributed by atoms with Crippen LogP contribution in [0.2, 0.25) is 10.0 Å². The van der Waals surface area contributed by atoms with E-state index in [2.05, 4.69) is 16.0 Å². The van der Waals surface area contributed by atoms with E-state index >= 15 is 0 Å². The Bertz CT molecular complexity index is 1900. The van der Waals surface area contributed by atoms with Crippen LogP contribution < -0.4 is 16.0 Å². The van der Waals surface area contributed by atoms with Crippen LogP contribution in [0, 0.1) is 6.92 Å². The Hall–Kier alpha value is -4.82. The summed E-state index contributed by atoms with van der Waals surface area (Å²) in [6, 6.07) is 37.8. The molecule has 0 heterocycles. The maximum absolute atomic E-state index is 13.6. The zero-order valence-corrected chi connectivity index (χ0v) is 27.0. The summed E-state index contributed by atoms with van der Waals surface area (Å²) in [6.07, 6.45) is 1.49. The molecule has 5 rings (SSSR count). The normalized spacial score (nSPS) is 11.8. The molecule has 3 amide bonds. The van der Waals surface area contributed by atoms with Crippen LogP contribution in [0.5, 0.6) is 0 Å². The molecule has 0 aromatic heterocycles. The molecular formula is C37H29Cl2N3O3S. The van der Waals surface area contributed by atoms with Gasteiger partial charge in [0.05, 0.1) is 0 Å². The first kappa shape index (κ1) is 32.6. The average molecular weight is 667 g/mol. The summed E-state index contributed by atoms with van der Waals surface area (Å²) >= 11 is 13.8. The third-order valence-corrected chi connectivity index (χ3v) is 8.69. The van der Waals surface area contributed by atoms with Crippen LogP contribution >= 0.6 is 35.0 Å². The van der Waals surface area contributed by atoms with Gasteiger partial charge in [0.1, 0.15) is 10.9 Å². The van der Waals surface area contributed by atoms with Gasteiger partial charge >= 0.3 is 0 Å². The first-order valence-corrected chi connectivity index (χ1v) is 15.9. The van der Waals surface area contributed by atoms with Crippen molar-refractivity contribution >= 4 is 70.1 Å². The molecule has 6 nitrogen and oxygen atoms in total. The van der Waals surface area contributed by atoms with E-state index in [4.69, 9.17) is 23.2 Å². The molecule has 0 radical (unpaired) electrons. The molecule has 0 fully saturated rings. The van der Waals surface area contributed by atoms with Gasteiger partial charge in [0.25, 0.3) is 11.8 Å². The first-order valence-electron chi connectivity index (χ1n) is 14.3.